The summed E-state index contributed by atoms with van der Waals surface area (Å²) in [6.45, 7) is 3.17. The van der Waals surface area contributed by atoms with E-state index in [0.717, 1.165) is 36.5 Å². The second-order valence-electron chi connectivity index (χ2n) is 6.85. The largest absolute Gasteiger partial charge is 0.371 e. The van der Waals surface area contributed by atoms with Gasteiger partial charge in [0.2, 0.25) is 0 Å². The van der Waals surface area contributed by atoms with Crippen LogP contribution in [-0.4, -0.2) is 39.6 Å². The number of halogens is 2. The molecule has 2 saturated heterocycles. The van der Waals surface area contributed by atoms with E-state index in [4.69, 9.17) is 4.74 Å². The van der Waals surface area contributed by atoms with Crippen LogP contribution in [0, 0.1) is 11.6 Å². The van der Waals surface area contributed by atoms with Gasteiger partial charge in [0.25, 0.3) is 0 Å². The summed E-state index contributed by atoms with van der Waals surface area (Å²) in [5.41, 5.74) is 1.78. The van der Waals surface area contributed by atoms with E-state index in [-0.39, 0.29) is 10.9 Å². The maximum absolute atomic E-state index is 13.3. The van der Waals surface area contributed by atoms with Gasteiger partial charge in [-0.2, -0.15) is 0 Å². The average Bonchev–Trinajstić information content (AvgIpc) is 3.01. The highest BCUT2D eigenvalue weighted by Crippen LogP contribution is 2.46. The molecule has 6 heteroatoms. The van der Waals surface area contributed by atoms with E-state index in [9.17, 15) is 8.78 Å². The summed E-state index contributed by atoms with van der Waals surface area (Å²) in [6, 6.07) is 10.0. The smallest absolute Gasteiger partial charge is 0.159 e. The number of likely N-dealkylation sites (tertiary alicyclic amines) is 1. The molecule has 3 heterocycles. The molecule has 4 rings (SSSR count). The van der Waals surface area contributed by atoms with Gasteiger partial charge in [-0.05, 0) is 36.2 Å². The third-order valence-corrected chi connectivity index (χ3v) is 6.36. The van der Waals surface area contributed by atoms with E-state index in [2.05, 4.69) is 9.88 Å². The van der Waals surface area contributed by atoms with Crippen molar-refractivity contribution in [3.63, 3.8) is 0 Å². The predicted octanol–water partition coefficient (Wildman–Crippen LogP) is 3.64. The van der Waals surface area contributed by atoms with Gasteiger partial charge in [0.15, 0.2) is 11.6 Å². The molecule has 1 spiro atoms. The third-order valence-electron chi connectivity index (χ3n) is 4.78. The van der Waals surface area contributed by atoms with Gasteiger partial charge in [-0.1, -0.05) is 12.1 Å². The summed E-state index contributed by atoms with van der Waals surface area (Å²) in [7, 11) is 0. The fourth-order valence-electron chi connectivity index (χ4n) is 3.59. The van der Waals surface area contributed by atoms with Crippen LogP contribution in [-0.2, 0) is 17.9 Å². The lowest BCUT2D eigenvalue weighted by atomic mass is 9.92. The highest BCUT2D eigenvalue weighted by atomic mass is 32.2. The summed E-state index contributed by atoms with van der Waals surface area (Å²) in [4.78, 5) is 6.56. The van der Waals surface area contributed by atoms with Crippen molar-refractivity contribution in [1.29, 1.82) is 0 Å². The zero-order chi connectivity index (χ0) is 17.3. The van der Waals surface area contributed by atoms with E-state index < -0.39 is 11.6 Å². The fourth-order valence-corrected chi connectivity index (χ4v) is 5.20. The monoisotopic (exact) mass is 362 g/mol. The molecule has 1 atom stereocenters. The standard InChI is InChI=1S/C19H20F2N2OS/c20-17-5-4-14(7-18(17)21)9-23-12-19(13-23)8-16(11-25-19)24-10-15-3-1-2-6-22-15/h1-7,16H,8-13H2. The number of nitrogens with zero attached hydrogens (tertiary/aromatic N) is 2. The fraction of sp³-hybridized carbons (Fsp3) is 0.421. The first-order chi connectivity index (χ1) is 12.1. The van der Waals surface area contributed by atoms with Crippen molar-refractivity contribution in [3.8, 4) is 0 Å². The Bertz CT molecular complexity index is 737. The number of aromatic nitrogens is 1. The Labute approximate surface area is 150 Å². The van der Waals surface area contributed by atoms with Crippen molar-refractivity contribution in [1.82, 2.24) is 9.88 Å². The highest BCUT2D eigenvalue weighted by molar-refractivity contribution is 8.01. The lowest BCUT2D eigenvalue weighted by Crippen LogP contribution is -2.58. The minimum absolute atomic E-state index is 0.257. The summed E-state index contributed by atoms with van der Waals surface area (Å²) in [6.07, 6.45) is 3.09. The number of benzene rings is 1. The second kappa shape index (κ2) is 7.02. The molecule has 0 aliphatic carbocycles. The first kappa shape index (κ1) is 16.9. The van der Waals surface area contributed by atoms with Crippen LogP contribution in [0.25, 0.3) is 0 Å². The molecule has 2 fully saturated rings. The van der Waals surface area contributed by atoms with E-state index >= 15 is 0 Å². The maximum Gasteiger partial charge on any atom is 0.159 e. The molecule has 1 unspecified atom stereocenters. The number of thioether (sulfide) groups is 1. The molecule has 0 saturated carbocycles. The van der Waals surface area contributed by atoms with Crippen LogP contribution in [0.1, 0.15) is 17.7 Å². The molecular weight excluding hydrogens is 342 g/mol. The van der Waals surface area contributed by atoms with Gasteiger partial charge in [-0.3, -0.25) is 9.88 Å². The lowest BCUT2D eigenvalue weighted by molar-refractivity contribution is 0.0251. The van der Waals surface area contributed by atoms with Crippen LogP contribution < -0.4 is 0 Å². The Hall–Kier alpha value is -1.50. The second-order valence-corrected chi connectivity index (χ2v) is 8.33. The van der Waals surface area contributed by atoms with E-state index in [1.54, 1.807) is 12.3 Å². The Kier molecular flexibility index (Phi) is 4.75. The molecule has 0 radical (unpaired) electrons. The average molecular weight is 362 g/mol. The third kappa shape index (κ3) is 3.86. The number of rotatable bonds is 5. The molecule has 2 aromatic rings. The van der Waals surface area contributed by atoms with Crippen LogP contribution in [0.3, 0.4) is 0 Å². The minimum Gasteiger partial charge on any atom is -0.371 e. The van der Waals surface area contributed by atoms with Crippen molar-refractivity contribution in [3.05, 3.63) is 65.5 Å². The molecule has 0 bridgehead atoms. The Morgan fingerprint density at radius 3 is 2.84 bits per heavy atom. The summed E-state index contributed by atoms with van der Waals surface area (Å²) in [5.74, 6) is -0.555. The van der Waals surface area contributed by atoms with Crippen LogP contribution in [0.5, 0.6) is 0 Å². The predicted molar refractivity (Wildman–Crippen MR) is 94.3 cm³/mol. The van der Waals surface area contributed by atoms with Crippen molar-refractivity contribution in [2.45, 2.75) is 30.4 Å². The van der Waals surface area contributed by atoms with Gasteiger partial charge in [0.1, 0.15) is 0 Å². The van der Waals surface area contributed by atoms with Gasteiger partial charge >= 0.3 is 0 Å². The quantitative estimate of drug-likeness (QED) is 0.811. The van der Waals surface area contributed by atoms with Gasteiger partial charge < -0.3 is 4.74 Å². The molecular formula is C19H20F2N2OS. The lowest BCUT2D eigenvalue weighted by Gasteiger charge is -2.47. The highest BCUT2D eigenvalue weighted by Gasteiger charge is 2.49. The van der Waals surface area contributed by atoms with Gasteiger partial charge in [-0.15, -0.1) is 11.8 Å². The Morgan fingerprint density at radius 2 is 2.08 bits per heavy atom. The van der Waals surface area contributed by atoms with Crippen LogP contribution in [0.15, 0.2) is 42.6 Å². The maximum atomic E-state index is 13.3. The van der Waals surface area contributed by atoms with Crippen molar-refractivity contribution in [2.75, 3.05) is 18.8 Å². The number of hydrogen-bond donors (Lipinski definition) is 0. The Balaban J connectivity index is 1.25. The molecule has 1 aromatic carbocycles. The van der Waals surface area contributed by atoms with Crippen LogP contribution >= 0.6 is 11.8 Å². The van der Waals surface area contributed by atoms with E-state index in [0.29, 0.717) is 13.2 Å². The number of ether oxygens (including phenoxy) is 1. The molecule has 1 aromatic heterocycles. The molecule has 132 valence electrons. The van der Waals surface area contributed by atoms with Crippen LogP contribution in [0.4, 0.5) is 8.78 Å². The number of hydrogen-bond acceptors (Lipinski definition) is 4. The summed E-state index contributed by atoms with van der Waals surface area (Å²) in [5, 5.41) is 0. The molecule has 3 nitrogen and oxygen atoms in total. The number of pyridine rings is 1. The summed E-state index contributed by atoms with van der Waals surface area (Å²) >= 11 is 1.97. The topological polar surface area (TPSA) is 25.4 Å². The zero-order valence-corrected chi connectivity index (χ0v) is 14.6. The van der Waals surface area contributed by atoms with E-state index in [1.165, 1.54) is 12.1 Å². The summed E-state index contributed by atoms with van der Waals surface area (Å²) < 4.78 is 32.6. The van der Waals surface area contributed by atoms with Crippen LogP contribution in [0.2, 0.25) is 0 Å². The molecule has 25 heavy (non-hydrogen) atoms. The van der Waals surface area contributed by atoms with Gasteiger partial charge in [0.05, 0.1) is 18.4 Å². The normalized spacial score (nSPS) is 22.2. The minimum atomic E-state index is -0.789. The SMILES string of the molecule is Fc1ccc(CN2CC3(CC(OCc4ccccn4)CS3)C2)cc1F. The van der Waals surface area contributed by atoms with Gasteiger partial charge in [0, 0.05) is 36.3 Å². The Morgan fingerprint density at radius 1 is 1.20 bits per heavy atom. The molecule has 0 amide bonds. The van der Waals surface area contributed by atoms with E-state index in [1.807, 2.05) is 30.0 Å². The zero-order valence-electron chi connectivity index (χ0n) is 13.8. The molecule has 2 aliphatic rings. The molecule has 2 aliphatic heterocycles. The van der Waals surface area contributed by atoms with Crippen molar-refractivity contribution < 1.29 is 13.5 Å². The molecule has 0 N–H and O–H groups in total. The first-order valence-corrected chi connectivity index (χ1v) is 9.42. The van der Waals surface area contributed by atoms with Crippen molar-refractivity contribution in [2.24, 2.45) is 0 Å². The first-order valence-electron chi connectivity index (χ1n) is 8.44. The van der Waals surface area contributed by atoms with Crippen molar-refractivity contribution >= 4 is 11.8 Å². The van der Waals surface area contributed by atoms with Gasteiger partial charge in [-0.25, -0.2) is 8.78 Å².